The number of rotatable bonds is 3. The first-order valence-corrected chi connectivity index (χ1v) is 7.46. The second-order valence-electron chi connectivity index (χ2n) is 4.90. The topological polar surface area (TPSA) is 80.4 Å². The molecule has 0 saturated heterocycles. The molecule has 1 aliphatic rings. The van der Waals surface area contributed by atoms with Crippen molar-refractivity contribution in [3.8, 4) is 5.75 Å². The van der Waals surface area contributed by atoms with Gasteiger partial charge in [-0.3, -0.25) is 0 Å². The summed E-state index contributed by atoms with van der Waals surface area (Å²) in [7, 11) is -3.25. The first-order valence-electron chi connectivity index (χ1n) is 5.56. The van der Waals surface area contributed by atoms with Crippen LogP contribution < -0.4 is 5.73 Å². The fourth-order valence-electron chi connectivity index (χ4n) is 2.25. The second-order valence-corrected chi connectivity index (χ2v) is 6.91. The highest BCUT2D eigenvalue weighted by molar-refractivity contribution is 7.90. The van der Waals surface area contributed by atoms with Gasteiger partial charge in [-0.05, 0) is 38.0 Å². The molecule has 0 heterocycles. The predicted molar refractivity (Wildman–Crippen MR) is 65.8 cm³/mol. The lowest BCUT2D eigenvalue weighted by Crippen LogP contribution is -2.31. The lowest BCUT2D eigenvalue weighted by molar-refractivity contribution is 0.445. The van der Waals surface area contributed by atoms with Crippen molar-refractivity contribution >= 4 is 9.84 Å². The van der Waals surface area contributed by atoms with E-state index in [4.69, 9.17) is 5.73 Å². The van der Waals surface area contributed by atoms with E-state index in [0.29, 0.717) is 5.56 Å². The molecule has 0 aromatic heterocycles. The minimum Gasteiger partial charge on any atom is -0.508 e. The fraction of sp³-hybridized carbons (Fsp3) is 0.500. The molecule has 0 spiro atoms. The minimum absolute atomic E-state index is 0.0942. The summed E-state index contributed by atoms with van der Waals surface area (Å²) in [6.45, 7) is 1.89. The number of hydrogen-bond donors (Lipinski definition) is 2. The van der Waals surface area contributed by atoms with Crippen LogP contribution in [0.1, 0.15) is 25.3 Å². The normalized spacial score (nSPS) is 19.9. The smallest absolute Gasteiger partial charge is 0.175 e. The van der Waals surface area contributed by atoms with E-state index in [1.807, 2.05) is 6.92 Å². The number of hydrogen-bond acceptors (Lipinski definition) is 4. The van der Waals surface area contributed by atoms with Gasteiger partial charge in [0.05, 0.1) is 4.90 Å². The Morgan fingerprint density at radius 3 is 2.41 bits per heavy atom. The van der Waals surface area contributed by atoms with Gasteiger partial charge < -0.3 is 10.8 Å². The van der Waals surface area contributed by atoms with Crippen LogP contribution in [0.25, 0.3) is 0 Å². The lowest BCUT2D eigenvalue weighted by Gasteiger charge is -2.21. The van der Waals surface area contributed by atoms with Crippen molar-refractivity contribution in [2.24, 2.45) is 5.73 Å². The van der Waals surface area contributed by atoms with E-state index in [0.717, 1.165) is 19.1 Å². The summed E-state index contributed by atoms with van der Waals surface area (Å²) in [5.41, 5.74) is 6.35. The maximum absolute atomic E-state index is 11.5. The highest BCUT2D eigenvalue weighted by atomic mass is 32.2. The Bertz CT molecular complexity index is 545. The van der Waals surface area contributed by atoms with Crippen LogP contribution in [0, 0.1) is 0 Å². The molecule has 94 valence electrons. The van der Waals surface area contributed by atoms with Crippen LogP contribution in [-0.4, -0.2) is 25.8 Å². The van der Waals surface area contributed by atoms with Crippen LogP contribution in [0.2, 0.25) is 0 Å². The monoisotopic (exact) mass is 255 g/mol. The van der Waals surface area contributed by atoms with Crippen molar-refractivity contribution in [3.05, 3.63) is 23.8 Å². The standard InChI is InChI=1S/C12H17NO3S/c1-8(13)12(5-6-12)10-7-9(17(2,15)16)3-4-11(10)14/h3-4,7-8,14H,5-6,13H2,1-2H3. The Hall–Kier alpha value is -1.07. The molecule has 0 radical (unpaired) electrons. The van der Waals surface area contributed by atoms with E-state index in [1.165, 1.54) is 12.1 Å². The first kappa shape index (κ1) is 12.4. The van der Waals surface area contributed by atoms with Gasteiger partial charge in [-0.15, -0.1) is 0 Å². The second kappa shape index (κ2) is 3.71. The summed E-state index contributed by atoms with van der Waals surface area (Å²) in [6, 6.07) is 4.32. The van der Waals surface area contributed by atoms with Gasteiger partial charge in [0.2, 0.25) is 0 Å². The van der Waals surface area contributed by atoms with Gasteiger partial charge in [0.1, 0.15) is 5.75 Å². The summed E-state index contributed by atoms with van der Waals surface area (Å²) >= 11 is 0. The third-order valence-corrected chi connectivity index (χ3v) is 4.70. The van der Waals surface area contributed by atoms with Gasteiger partial charge in [0, 0.05) is 23.3 Å². The number of phenolic OH excluding ortho intramolecular Hbond substituents is 1. The van der Waals surface area contributed by atoms with Crippen LogP contribution in [0.3, 0.4) is 0 Å². The highest BCUT2D eigenvalue weighted by Crippen LogP contribution is 2.53. The fourth-order valence-corrected chi connectivity index (χ4v) is 2.90. The first-order chi connectivity index (χ1) is 7.77. The largest absolute Gasteiger partial charge is 0.508 e. The summed E-state index contributed by atoms with van der Waals surface area (Å²) < 4.78 is 23.0. The Balaban J connectivity index is 2.55. The molecule has 0 bridgehead atoms. The van der Waals surface area contributed by atoms with Crippen LogP contribution in [0.5, 0.6) is 5.75 Å². The van der Waals surface area contributed by atoms with Gasteiger partial charge >= 0.3 is 0 Å². The SMILES string of the molecule is CC(N)C1(c2cc(S(C)(=O)=O)ccc2O)CC1. The van der Waals surface area contributed by atoms with Crippen molar-refractivity contribution in [2.45, 2.75) is 36.1 Å². The van der Waals surface area contributed by atoms with E-state index in [2.05, 4.69) is 0 Å². The van der Waals surface area contributed by atoms with Crippen molar-refractivity contribution < 1.29 is 13.5 Å². The summed E-state index contributed by atoms with van der Waals surface area (Å²) in [5, 5.41) is 9.87. The Kier molecular flexibility index (Phi) is 2.71. The van der Waals surface area contributed by atoms with Crippen molar-refractivity contribution in [1.82, 2.24) is 0 Å². The molecule has 5 heteroatoms. The lowest BCUT2D eigenvalue weighted by atomic mass is 9.89. The van der Waals surface area contributed by atoms with Gasteiger partial charge in [-0.1, -0.05) is 0 Å². The predicted octanol–water partition coefficient (Wildman–Crippen LogP) is 1.17. The molecule has 3 N–H and O–H groups in total. The summed E-state index contributed by atoms with van der Waals surface area (Å²) in [6.07, 6.45) is 2.95. The summed E-state index contributed by atoms with van der Waals surface area (Å²) in [5.74, 6) is 0.132. The molecule has 0 aliphatic heterocycles. The van der Waals surface area contributed by atoms with Crippen LogP contribution in [0.15, 0.2) is 23.1 Å². The molecule has 1 aromatic carbocycles. The minimum atomic E-state index is -3.25. The zero-order chi connectivity index (χ0) is 12.8. The molecule has 0 amide bonds. The third-order valence-electron chi connectivity index (χ3n) is 3.59. The molecule has 2 rings (SSSR count). The van der Waals surface area contributed by atoms with Gasteiger partial charge in [-0.2, -0.15) is 0 Å². The van der Waals surface area contributed by atoms with E-state index >= 15 is 0 Å². The molecular weight excluding hydrogens is 238 g/mol. The zero-order valence-corrected chi connectivity index (χ0v) is 10.8. The van der Waals surface area contributed by atoms with Gasteiger partial charge in [-0.25, -0.2) is 8.42 Å². The molecule has 17 heavy (non-hydrogen) atoms. The van der Waals surface area contributed by atoms with Crippen LogP contribution in [0.4, 0.5) is 0 Å². The van der Waals surface area contributed by atoms with E-state index in [1.54, 1.807) is 6.07 Å². The van der Waals surface area contributed by atoms with Crippen molar-refractivity contribution in [2.75, 3.05) is 6.26 Å². The average molecular weight is 255 g/mol. The third kappa shape index (κ3) is 2.05. The zero-order valence-electron chi connectivity index (χ0n) is 9.97. The van der Waals surface area contributed by atoms with Gasteiger partial charge in [0.25, 0.3) is 0 Å². The molecule has 1 fully saturated rings. The van der Waals surface area contributed by atoms with Crippen molar-refractivity contribution in [3.63, 3.8) is 0 Å². The molecule has 1 unspecified atom stereocenters. The molecular formula is C12H17NO3S. The Morgan fingerprint density at radius 1 is 1.41 bits per heavy atom. The summed E-state index contributed by atoms with van der Waals surface area (Å²) in [4.78, 5) is 0.234. The molecule has 1 aromatic rings. The Morgan fingerprint density at radius 2 is 2.00 bits per heavy atom. The molecule has 4 nitrogen and oxygen atoms in total. The number of phenols is 1. The van der Waals surface area contributed by atoms with E-state index in [-0.39, 0.29) is 22.1 Å². The van der Waals surface area contributed by atoms with Crippen molar-refractivity contribution in [1.29, 1.82) is 0 Å². The molecule has 1 aliphatic carbocycles. The number of aromatic hydroxyl groups is 1. The number of sulfone groups is 1. The molecule has 1 atom stereocenters. The van der Waals surface area contributed by atoms with Crippen LogP contribution >= 0.6 is 0 Å². The average Bonchev–Trinajstić information content (AvgIpc) is 2.97. The number of benzene rings is 1. The highest BCUT2D eigenvalue weighted by Gasteiger charge is 2.49. The van der Waals surface area contributed by atoms with E-state index in [9.17, 15) is 13.5 Å². The maximum atomic E-state index is 11.5. The van der Waals surface area contributed by atoms with Crippen LogP contribution in [-0.2, 0) is 15.3 Å². The molecule has 1 saturated carbocycles. The number of nitrogens with two attached hydrogens (primary N) is 1. The quantitative estimate of drug-likeness (QED) is 0.849. The van der Waals surface area contributed by atoms with E-state index < -0.39 is 9.84 Å². The maximum Gasteiger partial charge on any atom is 0.175 e. The Labute approximate surface area is 101 Å². The van der Waals surface area contributed by atoms with Gasteiger partial charge in [0.15, 0.2) is 9.84 Å².